The van der Waals surface area contributed by atoms with Crippen LogP contribution >= 0.6 is 0 Å². The van der Waals surface area contributed by atoms with E-state index in [-0.39, 0.29) is 23.7 Å². The SMILES string of the molecule is Cc1cc(C(=O)N2C[C@H](C)O[C@@H](C)C2)c2c(=O)[nH]n(C)c2n1. The summed E-state index contributed by atoms with van der Waals surface area (Å²) in [6.07, 6.45) is -0.0274. The Morgan fingerprint density at radius 1 is 1.36 bits per heavy atom. The van der Waals surface area contributed by atoms with Crippen LogP contribution < -0.4 is 5.56 Å². The summed E-state index contributed by atoms with van der Waals surface area (Å²) in [5, 5.41) is 3.01. The lowest BCUT2D eigenvalue weighted by Crippen LogP contribution is -2.48. The number of carbonyl (C=O) groups is 1. The summed E-state index contributed by atoms with van der Waals surface area (Å²) in [7, 11) is 1.71. The highest BCUT2D eigenvalue weighted by atomic mass is 16.5. The van der Waals surface area contributed by atoms with Gasteiger partial charge >= 0.3 is 0 Å². The smallest absolute Gasteiger partial charge is 0.274 e. The standard InChI is InChI=1S/C15H20N4O3/c1-8-5-11(12-13(16-8)18(4)17-14(12)20)15(21)19-6-9(2)22-10(3)7-19/h5,9-10H,6-7H2,1-4H3,(H,17,20)/t9-,10-/m0/s1. The second-order valence-corrected chi connectivity index (χ2v) is 5.98. The van der Waals surface area contributed by atoms with Gasteiger partial charge < -0.3 is 9.64 Å². The normalized spacial score (nSPS) is 22.3. The number of aryl methyl sites for hydroxylation is 2. The molecular weight excluding hydrogens is 284 g/mol. The molecule has 0 aromatic carbocycles. The first-order valence-electron chi connectivity index (χ1n) is 7.38. The number of morpholine rings is 1. The fourth-order valence-electron chi connectivity index (χ4n) is 3.07. The van der Waals surface area contributed by atoms with Crippen molar-refractivity contribution >= 4 is 16.9 Å². The Morgan fingerprint density at radius 2 is 2.00 bits per heavy atom. The second-order valence-electron chi connectivity index (χ2n) is 5.98. The lowest BCUT2D eigenvalue weighted by atomic mass is 10.1. The number of H-pyrrole nitrogens is 1. The third-order valence-corrected chi connectivity index (χ3v) is 3.88. The van der Waals surface area contributed by atoms with Gasteiger partial charge in [0.25, 0.3) is 11.5 Å². The van der Waals surface area contributed by atoms with E-state index >= 15 is 0 Å². The molecule has 2 aromatic heterocycles. The van der Waals surface area contributed by atoms with Crippen LogP contribution in [0.3, 0.4) is 0 Å². The number of carbonyl (C=O) groups excluding carboxylic acids is 1. The van der Waals surface area contributed by atoms with Crippen LogP contribution in [0.25, 0.3) is 11.0 Å². The maximum Gasteiger partial charge on any atom is 0.274 e. The molecule has 2 aromatic rings. The number of hydrogen-bond acceptors (Lipinski definition) is 4. The van der Waals surface area contributed by atoms with Crippen molar-refractivity contribution in [3.05, 3.63) is 27.7 Å². The number of aromatic nitrogens is 3. The Morgan fingerprint density at radius 3 is 2.64 bits per heavy atom. The largest absolute Gasteiger partial charge is 0.372 e. The molecule has 3 heterocycles. The summed E-state index contributed by atoms with van der Waals surface area (Å²) in [6, 6.07) is 1.69. The van der Waals surface area contributed by atoms with Crippen molar-refractivity contribution in [2.45, 2.75) is 33.0 Å². The highest BCUT2D eigenvalue weighted by Gasteiger charge is 2.29. The minimum atomic E-state index is -0.289. The molecule has 0 spiro atoms. The number of nitrogens with zero attached hydrogens (tertiary/aromatic N) is 3. The number of rotatable bonds is 1. The summed E-state index contributed by atoms with van der Waals surface area (Å²) in [6.45, 7) is 6.75. The zero-order valence-corrected chi connectivity index (χ0v) is 13.2. The van der Waals surface area contributed by atoms with Crippen molar-refractivity contribution in [3.8, 4) is 0 Å². The fourth-order valence-corrected chi connectivity index (χ4v) is 3.07. The van der Waals surface area contributed by atoms with Crippen LogP contribution in [0.15, 0.2) is 10.9 Å². The number of pyridine rings is 1. The van der Waals surface area contributed by atoms with Crippen molar-refractivity contribution in [1.29, 1.82) is 0 Å². The molecule has 1 fully saturated rings. The molecule has 1 aliphatic rings. The van der Waals surface area contributed by atoms with Crippen molar-refractivity contribution in [1.82, 2.24) is 19.7 Å². The molecule has 1 N–H and O–H groups in total. The lowest BCUT2D eigenvalue weighted by molar-refractivity contribution is -0.0585. The average molecular weight is 304 g/mol. The molecule has 22 heavy (non-hydrogen) atoms. The van der Waals surface area contributed by atoms with Gasteiger partial charge in [0.2, 0.25) is 0 Å². The van der Waals surface area contributed by atoms with Gasteiger partial charge in [0, 0.05) is 25.8 Å². The molecule has 0 unspecified atom stereocenters. The van der Waals surface area contributed by atoms with Gasteiger partial charge in [-0.2, -0.15) is 0 Å². The third-order valence-electron chi connectivity index (χ3n) is 3.88. The van der Waals surface area contributed by atoms with Crippen molar-refractivity contribution < 1.29 is 9.53 Å². The molecule has 1 aliphatic heterocycles. The predicted octanol–water partition coefficient (Wildman–Crippen LogP) is 0.819. The van der Waals surface area contributed by atoms with E-state index in [0.717, 1.165) is 0 Å². The third kappa shape index (κ3) is 2.41. The molecule has 2 atom stereocenters. The molecule has 118 valence electrons. The average Bonchev–Trinajstić information content (AvgIpc) is 2.71. The first kappa shape index (κ1) is 14.8. The van der Waals surface area contributed by atoms with E-state index < -0.39 is 0 Å². The van der Waals surface area contributed by atoms with Crippen molar-refractivity contribution in [2.24, 2.45) is 7.05 Å². The molecule has 7 nitrogen and oxygen atoms in total. The number of amides is 1. The van der Waals surface area contributed by atoms with Crippen LogP contribution in [0.2, 0.25) is 0 Å². The monoisotopic (exact) mass is 304 g/mol. The van der Waals surface area contributed by atoms with E-state index in [1.165, 1.54) is 0 Å². The summed E-state index contributed by atoms with van der Waals surface area (Å²) in [5.41, 5.74) is 1.33. The molecule has 1 amide bonds. The molecule has 1 saturated heterocycles. The molecular formula is C15H20N4O3. The first-order chi connectivity index (χ1) is 10.4. The van der Waals surface area contributed by atoms with Crippen LogP contribution in [-0.2, 0) is 11.8 Å². The van der Waals surface area contributed by atoms with Gasteiger partial charge in [0.15, 0.2) is 5.65 Å². The summed E-state index contributed by atoms with van der Waals surface area (Å²) >= 11 is 0. The van der Waals surface area contributed by atoms with Gasteiger partial charge in [-0.1, -0.05) is 0 Å². The number of hydrogen-bond donors (Lipinski definition) is 1. The Balaban J connectivity index is 2.09. The predicted molar refractivity (Wildman–Crippen MR) is 82.0 cm³/mol. The zero-order valence-electron chi connectivity index (χ0n) is 13.2. The van der Waals surface area contributed by atoms with Crippen LogP contribution in [0.1, 0.15) is 29.9 Å². The minimum absolute atomic E-state index is 0.0137. The maximum absolute atomic E-state index is 12.9. The first-order valence-corrected chi connectivity index (χ1v) is 7.38. The highest BCUT2D eigenvalue weighted by Crippen LogP contribution is 2.19. The van der Waals surface area contributed by atoms with E-state index in [2.05, 4.69) is 10.1 Å². The van der Waals surface area contributed by atoms with Crippen LogP contribution in [0.5, 0.6) is 0 Å². The maximum atomic E-state index is 12.9. The molecule has 0 aliphatic carbocycles. The van der Waals surface area contributed by atoms with Gasteiger partial charge in [-0.3, -0.25) is 19.4 Å². The highest BCUT2D eigenvalue weighted by molar-refractivity contribution is 6.05. The minimum Gasteiger partial charge on any atom is -0.372 e. The summed E-state index contributed by atoms with van der Waals surface area (Å²) in [4.78, 5) is 31.1. The fraction of sp³-hybridized carbons (Fsp3) is 0.533. The quantitative estimate of drug-likeness (QED) is 0.846. The van der Waals surface area contributed by atoms with Gasteiger partial charge in [-0.05, 0) is 26.8 Å². The van der Waals surface area contributed by atoms with Crippen LogP contribution in [0, 0.1) is 6.92 Å². The van der Waals surface area contributed by atoms with Crippen LogP contribution in [0.4, 0.5) is 0 Å². The topological polar surface area (TPSA) is 80.2 Å². The van der Waals surface area contributed by atoms with Gasteiger partial charge in [0.05, 0.1) is 23.2 Å². The lowest BCUT2D eigenvalue weighted by Gasteiger charge is -2.35. The molecule has 3 rings (SSSR count). The Labute approximate surface area is 127 Å². The van der Waals surface area contributed by atoms with Gasteiger partial charge in [-0.15, -0.1) is 0 Å². The van der Waals surface area contributed by atoms with Gasteiger partial charge in [-0.25, -0.2) is 4.98 Å². The van der Waals surface area contributed by atoms with E-state index in [1.54, 1.807) is 22.7 Å². The summed E-state index contributed by atoms with van der Waals surface area (Å²) < 4.78 is 7.21. The van der Waals surface area contributed by atoms with E-state index in [4.69, 9.17) is 4.74 Å². The molecule has 0 radical (unpaired) electrons. The van der Waals surface area contributed by atoms with Crippen LogP contribution in [-0.4, -0.2) is 50.9 Å². The molecule has 0 saturated carbocycles. The van der Waals surface area contributed by atoms with Crippen molar-refractivity contribution in [2.75, 3.05) is 13.1 Å². The second kappa shape index (κ2) is 5.24. The van der Waals surface area contributed by atoms with Crippen molar-refractivity contribution in [3.63, 3.8) is 0 Å². The molecule has 7 heteroatoms. The number of aromatic amines is 1. The number of fused-ring (bicyclic) bond motifs is 1. The Kier molecular flexibility index (Phi) is 3.52. The molecule has 0 bridgehead atoms. The van der Waals surface area contributed by atoms with E-state index in [9.17, 15) is 9.59 Å². The number of ether oxygens (including phenoxy) is 1. The number of nitrogens with one attached hydrogen (secondary N) is 1. The Hall–Kier alpha value is -2.15. The van der Waals surface area contributed by atoms with E-state index in [0.29, 0.717) is 35.4 Å². The van der Waals surface area contributed by atoms with Gasteiger partial charge in [0.1, 0.15) is 0 Å². The van der Waals surface area contributed by atoms with E-state index in [1.807, 2.05) is 20.8 Å². The zero-order chi connectivity index (χ0) is 16.0. The summed E-state index contributed by atoms with van der Waals surface area (Å²) in [5.74, 6) is -0.144. The Bertz CT molecular complexity index is 782.